The zero-order chi connectivity index (χ0) is 19.3. The quantitative estimate of drug-likeness (QED) is 0.651. The Labute approximate surface area is 163 Å². The Morgan fingerprint density at radius 1 is 1.04 bits per heavy atom. The monoisotopic (exact) mass is 378 g/mol. The molecule has 0 aliphatic carbocycles. The number of hydrogen-bond acceptors (Lipinski definition) is 5. The van der Waals surface area contributed by atoms with E-state index in [2.05, 4.69) is 41.0 Å². The van der Waals surface area contributed by atoms with Crippen LogP contribution in [0, 0.1) is 0 Å². The summed E-state index contributed by atoms with van der Waals surface area (Å²) in [6, 6.07) is 13.4. The van der Waals surface area contributed by atoms with Crippen LogP contribution in [0.2, 0.25) is 0 Å². The summed E-state index contributed by atoms with van der Waals surface area (Å²) in [5.41, 5.74) is 3.52. The molecule has 1 aromatic carbocycles. The Hall–Kier alpha value is -2.73. The fourth-order valence-corrected chi connectivity index (χ4v) is 3.38. The number of nitrogens with zero attached hydrogens (tertiary/aromatic N) is 3. The van der Waals surface area contributed by atoms with E-state index in [1.807, 2.05) is 30.3 Å². The van der Waals surface area contributed by atoms with Crippen molar-refractivity contribution >= 4 is 23.4 Å². The summed E-state index contributed by atoms with van der Waals surface area (Å²) in [4.78, 5) is 25.2. The highest BCUT2D eigenvalue weighted by Crippen LogP contribution is 2.26. The molecule has 0 aliphatic rings. The number of hydrogen-bond donors (Lipinski definition) is 1. The van der Waals surface area contributed by atoms with Gasteiger partial charge in [-0.15, -0.1) is 0 Å². The summed E-state index contributed by atoms with van der Waals surface area (Å²) in [5.74, 6) is 0.455. The highest BCUT2D eigenvalue weighted by Gasteiger charge is 2.15. The lowest BCUT2D eigenvalue weighted by atomic mass is 9.87. The third-order valence-corrected chi connectivity index (χ3v) is 5.06. The van der Waals surface area contributed by atoms with E-state index in [9.17, 15) is 4.79 Å². The molecule has 2 aromatic heterocycles. The van der Waals surface area contributed by atoms with Crippen LogP contribution in [0.15, 0.2) is 66.2 Å². The van der Waals surface area contributed by atoms with Crippen LogP contribution in [0.25, 0.3) is 0 Å². The summed E-state index contributed by atoms with van der Waals surface area (Å²) in [6.45, 7) is 6.49. The Morgan fingerprint density at radius 3 is 2.48 bits per heavy atom. The van der Waals surface area contributed by atoms with Gasteiger partial charge in [0.2, 0.25) is 0 Å². The molecule has 27 heavy (non-hydrogen) atoms. The molecule has 5 nitrogen and oxygen atoms in total. The molecule has 0 radical (unpaired) electrons. The first-order chi connectivity index (χ1) is 12.9. The third-order valence-electron chi connectivity index (χ3n) is 4.02. The molecule has 0 unspecified atom stereocenters. The number of pyridine rings is 1. The van der Waals surface area contributed by atoms with Gasteiger partial charge in [-0.05, 0) is 41.3 Å². The molecule has 0 aliphatic heterocycles. The summed E-state index contributed by atoms with van der Waals surface area (Å²) < 4.78 is 0. The van der Waals surface area contributed by atoms with Crippen molar-refractivity contribution in [1.82, 2.24) is 15.0 Å². The fourth-order valence-electron chi connectivity index (χ4n) is 2.48. The first-order valence-electron chi connectivity index (χ1n) is 8.68. The van der Waals surface area contributed by atoms with Crippen LogP contribution in [0.1, 0.15) is 42.4 Å². The number of amides is 1. The Kier molecular flexibility index (Phi) is 5.86. The van der Waals surface area contributed by atoms with Gasteiger partial charge in [0.15, 0.2) is 0 Å². The van der Waals surface area contributed by atoms with Crippen LogP contribution in [0.4, 0.5) is 5.69 Å². The predicted octanol–water partition coefficient (Wildman–Crippen LogP) is 4.71. The van der Waals surface area contributed by atoms with Gasteiger partial charge in [0.05, 0.1) is 11.3 Å². The van der Waals surface area contributed by atoms with Gasteiger partial charge in [-0.3, -0.25) is 4.79 Å². The lowest BCUT2D eigenvalue weighted by Gasteiger charge is -2.19. The number of carbonyl (C=O) groups excluding carboxylic acids is 1. The molecule has 3 rings (SSSR count). The van der Waals surface area contributed by atoms with Gasteiger partial charge in [-0.1, -0.05) is 44.7 Å². The van der Waals surface area contributed by atoms with Crippen LogP contribution in [-0.4, -0.2) is 20.9 Å². The van der Waals surface area contributed by atoms with Gasteiger partial charge >= 0.3 is 0 Å². The van der Waals surface area contributed by atoms with Crippen molar-refractivity contribution in [3.05, 3.63) is 78.0 Å². The molecule has 1 amide bonds. The van der Waals surface area contributed by atoms with E-state index >= 15 is 0 Å². The maximum absolute atomic E-state index is 12.7. The number of benzene rings is 1. The van der Waals surface area contributed by atoms with Crippen molar-refractivity contribution in [2.24, 2.45) is 0 Å². The lowest BCUT2D eigenvalue weighted by Crippen LogP contribution is -2.14. The first kappa shape index (κ1) is 19.0. The number of rotatable bonds is 5. The van der Waals surface area contributed by atoms with Gasteiger partial charge in [0, 0.05) is 23.8 Å². The van der Waals surface area contributed by atoms with Crippen molar-refractivity contribution in [3.63, 3.8) is 0 Å². The second-order valence-electron chi connectivity index (χ2n) is 7.13. The second kappa shape index (κ2) is 8.31. The number of anilines is 1. The van der Waals surface area contributed by atoms with Gasteiger partial charge in [-0.2, -0.15) is 0 Å². The summed E-state index contributed by atoms with van der Waals surface area (Å²) in [7, 11) is 0. The summed E-state index contributed by atoms with van der Waals surface area (Å²) >= 11 is 1.48. The van der Waals surface area contributed by atoms with E-state index in [-0.39, 0.29) is 11.3 Å². The zero-order valence-corrected chi connectivity index (χ0v) is 16.5. The smallest absolute Gasteiger partial charge is 0.258 e. The van der Waals surface area contributed by atoms with Crippen LogP contribution in [0.5, 0.6) is 0 Å². The van der Waals surface area contributed by atoms with Gasteiger partial charge in [0.25, 0.3) is 5.91 Å². The van der Waals surface area contributed by atoms with Crippen molar-refractivity contribution in [2.45, 2.75) is 37.0 Å². The number of nitrogens with one attached hydrogen (secondary N) is 1. The molecule has 0 atom stereocenters. The minimum Gasteiger partial charge on any atom is -0.322 e. The lowest BCUT2D eigenvalue weighted by molar-refractivity contribution is 0.102. The maximum Gasteiger partial charge on any atom is 0.258 e. The standard InChI is InChI=1S/C21H22N4OS/c1-21(2,3)15-6-8-16(9-7-15)25-19(26)18-5-4-11-23-20(18)27-13-17-10-12-22-14-24-17/h4-12,14H,13H2,1-3H3,(H,25,26). The predicted molar refractivity (Wildman–Crippen MR) is 109 cm³/mol. The summed E-state index contributed by atoms with van der Waals surface area (Å²) in [6.07, 6.45) is 4.91. The molecular formula is C21H22N4OS. The molecule has 0 spiro atoms. The average molecular weight is 379 g/mol. The molecule has 3 aromatic rings. The molecular weight excluding hydrogens is 356 g/mol. The molecule has 0 fully saturated rings. The highest BCUT2D eigenvalue weighted by molar-refractivity contribution is 7.98. The van der Waals surface area contributed by atoms with E-state index in [4.69, 9.17) is 0 Å². The van der Waals surface area contributed by atoms with Crippen LogP contribution >= 0.6 is 11.8 Å². The number of thioether (sulfide) groups is 1. The van der Waals surface area contributed by atoms with E-state index in [1.165, 1.54) is 23.7 Å². The van der Waals surface area contributed by atoms with Crippen LogP contribution in [-0.2, 0) is 11.2 Å². The van der Waals surface area contributed by atoms with Crippen LogP contribution < -0.4 is 5.32 Å². The van der Waals surface area contributed by atoms with E-state index < -0.39 is 0 Å². The Bertz CT molecular complexity index is 905. The topological polar surface area (TPSA) is 67.8 Å². The SMILES string of the molecule is CC(C)(C)c1ccc(NC(=O)c2cccnc2SCc2ccncn2)cc1. The van der Waals surface area contributed by atoms with E-state index in [1.54, 1.807) is 24.5 Å². The van der Waals surface area contributed by atoms with Crippen molar-refractivity contribution < 1.29 is 4.79 Å². The second-order valence-corrected chi connectivity index (χ2v) is 8.09. The molecule has 1 N–H and O–H groups in total. The zero-order valence-electron chi connectivity index (χ0n) is 15.6. The molecule has 6 heteroatoms. The van der Waals surface area contributed by atoms with E-state index in [0.717, 1.165) is 11.4 Å². The molecule has 2 heterocycles. The largest absolute Gasteiger partial charge is 0.322 e. The Balaban J connectivity index is 1.71. The molecule has 0 saturated heterocycles. The van der Waals surface area contributed by atoms with Crippen molar-refractivity contribution in [2.75, 3.05) is 5.32 Å². The van der Waals surface area contributed by atoms with Gasteiger partial charge < -0.3 is 5.32 Å². The number of carbonyl (C=O) groups is 1. The molecule has 0 saturated carbocycles. The van der Waals surface area contributed by atoms with E-state index in [0.29, 0.717) is 16.3 Å². The normalized spacial score (nSPS) is 11.2. The van der Waals surface area contributed by atoms with Gasteiger partial charge in [0.1, 0.15) is 11.4 Å². The summed E-state index contributed by atoms with van der Waals surface area (Å²) in [5, 5.41) is 3.64. The van der Waals surface area contributed by atoms with Crippen molar-refractivity contribution in [1.29, 1.82) is 0 Å². The highest BCUT2D eigenvalue weighted by atomic mass is 32.2. The first-order valence-corrected chi connectivity index (χ1v) is 9.66. The minimum absolute atomic E-state index is 0.0801. The fraction of sp³-hybridized carbons (Fsp3) is 0.238. The minimum atomic E-state index is -0.170. The molecule has 138 valence electrons. The molecule has 0 bridgehead atoms. The Morgan fingerprint density at radius 2 is 1.81 bits per heavy atom. The van der Waals surface area contributed by atoms with Gasteiger partial charge in [-0.25, -0.2) is 15.0 Å². The van der Waals surface area contributed by atoms with Crippen molar-refractivity contribution in [3.8, 4) is 0 Å². The third kappa shape index (κ3) is 5.14. The average Bonchev–Trinajstić information content (AvgIpc) is 2.67. The number of aromatic nitrogens is 3. The van der Waals surface area contributed by atoms with Crippen LogP contribution in [0.3, 0.4) is 0 Å². The maximum atomic E-state index is 12.7.